The van der Waals surface area contributed by atoms with Crippen LogP contribution >= 0.6 is 0 Å². The maximum atomic E-state index is 15.0. The number of ether oxygens (including phenoxy) is 2. The summed E-state index contributed by atoms with van der Waals surface area (Å²) in [5, 5.41) is 24.1. The van der Waals surface area contributed by atoms with Crippen molar-refractivity contribution in [1.82, 2.24) is 19.5 Å². The minimum Gasteiger partial charge on any atom is -0.479 e. The molecule has 11 nitrogen and oxygen atoms in total. The predicted molar refractivity (Wildman–Crippen MR) is 154 cm³/mol. The summed E-state index contributed by atoms with van der Waals surface area (Å²) in [5.74, 6) is -0.0540. The Bertz CT molecular complexity index is 1530. The number of nitrogens with one attached hydrogen (secondary N) is 3. The van der Waals surface area contributed by atoms with E-state index in [0.29, 0.717) is 42.4 Å². The number of benzene rings is 1. The lowest BCUT2D eigenvalue weighted by molar-refractivity contribution is -0.127. The number of hydrogen-bond acceptors (Lipinski definition) is 10. The molecule has 2 atom stereocenters. The molecule has 1 unspecified atom stereocenters. The number of nitriles is 1. The van der Waals surface area contributed by atoms with Crippen molar-refractivity contribution in [1.29, 1.82) is 10.8 Å². The van der Waals surface area contributed by atoms with E-state index in [9.17, 15) is 9.65 Å². The van der Waals surface area contributed by atoms with E-state index in [1.54, 1.807) is 22.8 Å². The number of alkyl halides is 1. The Morgan fingerprint density at radius 3 is 2.81 bits per heavy atom. The van der Waals surface area contributed by atoms with Crippen LogP contribution in [0.3, 0.4) is 0 Å². The van der Waals surface area contributed by atoms with Crippen LogP contribution in [0.5, 0.6) is 5.88 Å². The maximum Gasteiger partial charge on any atom is 0.244 e. The van der Waals surface area contributed by atoms with Crippen molar-refractivity contribution < 1.29 is 18.3 Å². The molecule has 2 aliphatic rings. The van der Waals surface area contributed by atoms with Gasteiger partial charge in [0.15, 0.2) is 11.4 Å². The summed E-state index contributed by atoms with van der Waals surface area (Å²) < 4.78 is 41.8. The van der Waals surface area contributed by atoms with E-state index in [4.69, 9.17) is 15.0 Å². The normalized spacial score (nSPS) is 20.2. The largest absolute Gasteiger partial charge is 0.479 e. The number of hydrogen-bond donors (Lipinski definition) is 3. The van der Waals surface area contributed by atoms with Crippen LogP contribution in [0.25, 0.3) is 16.6 Å². The molecule has 222 valence electrons. The molecule has 2 aromatic heterocycles. The van der Waals surface area contributed by atoms with Gasteiger partial charge in [0, 0.05) is 37.4 Å². The van der Waals surface area contributed by atoms with Crippen LogP contribution < -0.4 is 15.4 Å². The molecular formula is C29H35F2N9O2. The van der Waals surface area contributed by atoms with Crippen molar-refractivity contribution in [3.05, 3.63) is 42.9 Å². The summed E-state index contributed by atoms with van der Waals surface area (Å²) in [7, 11) is 1.50. The highest BCUT2D eigenvalue weighted by atomic mass is 19.1. The topological polar surface area (TPSA) is 136 Å². The fraction of sp³-hybridized carbons (Fsp3) is 0.483. The quantitative estimate of drug-likeness (QED) is 0.205. The Kier molecular flexibility index (Phi) is 8.12. The summed E-state index contributed by atoms with van der Waals surface area (Å²) in [6.45, 7) is 10.1. The number of piperidine rings is 1. The monoisotopic (exact) mass is 579 g/mol. The number of nitrogens with zero attached hydrogens (tertiary/aromatic N) is 6. The third-order valence-electron chi connectivity index (χ3n) is 8.12. The average Bonchev–Trinajstić information content (AvgIpc) is 3.36. The summed E-state index contributed by atoms with van der Waals surface area (Å²) in [4.78, 5) is 6.85. The lowest BCUT2D eigenvalue weighted by Crippen LogP contribution is -2.66. The second-order valence-electron chi connectivity index (χ2n) is 11.5. The first-order chi connectivity index (χ1) is 20.1. The molecule has 5 rings (SSSR count). The molecule has 0 aliphatic carbocycles. The molecule has 3 N–H and O–H groups in total. The van der Waals surface area contributed by atoms with Gasteiger partial charge < -0.3 is 20.1 Å². The first-order valence-electron chi connectivity index (χ1n) is 13.8. The second-order valence-corrected chi connectivity index (χ2v) is 11.5. The molecule has 1 aromatic carbocycles. The SMILES string of the molecule is C=CCC(F)CNc1cc(-c2ccn3nc(N[C@H]4CCN(C5(C#N)COC5)CC4(C)C)nc(OC)c23)cc(F)c1N=N. The number of methoxy groups -OCH3 is 1. The van der Waals surface area contributed by atoms with Crippen LogP contribution in [-0.4, -0.2) is 77.2 Å². The van der Waals surface area contributed by atoms with Gasteiger partial charge in [-0.1, -0.05) is 19.9 Å². The van der Waals surface area contributed by atoms with Gasteiger partial charge in [-0.3, -0.25) is 4.90 Å². The Hall–Kier alpha value is -4.15. The van der Waals surface area contributed by atoms with Crippen molar-refractivity contribution in [2.24, 2.45) is 10.5 Å². The lowest BCUT2D eigenvalue weighted by Gasteiger charge is -2.52. The minimum atomic E-state index is -1.22. The van der Waals surface area contributed by atoms with E-state index >= 15 is 4.39 Å². The standard InChI is InChI=1S/C29H35F2N9O2/c1-5-6-19(30)13-34-22-12-18(11-21(31)24(22)37-33)20-7-10-40-25(20)26(41-4)36-27(38-40)35-23-8-9-39(15-28(23,2)3)29(14-32)16-42-17-29/h5,7,10-12,19,23,33-34H,1,6,8-9,13,15-17H2,2-4H3,(H,35,38)/t19?,23-/m0/s1. The molecule has 0 amide bonds. The number of likely N-dealkylation sites (tertiary alicyclic amines) is 1. The smallest absolute Gasteiger partial charge is 0.244 e. The fourth-order valence-electron chi connectivity index (χ4n) is 5.68. The Balaban J connectivity index is 1.42. The van der Waals surface area contributed by atoms with E-state index in [-0.39, 0.29) is 41.7 Å². The van der Waals surface area contributed by atoms with Crippen molar-refractivity contribution in [3.8, 4) is 23.1 Å². The van der Waals surface area contributed by atoms with Crippen molar-refractivity contribution >= 4 is 22.8 Å². The molecule has 42 heavy (non-hydrogen) atoms. The van der Waals surface area contributed by atoms with E-state index in [1.807, 2.05) is 0 Å². The zero-order valence-electron chi connectivity index (χ0n) is 24.0. The molecule has 0 saturated carbocycles. The van der Waals surface area contributed by atoms with Crippen molar-refractivity contribution in [2.75, 3.05) is 50.6 Å². The van der Waals surface area contributed by atoms with Gasteiger partial charge >= 0.3 is 0 Å². The van der Waals surface area contributed by atoms with Crippen LogP contribution in [0.1, 0.15) is 26.7 Å². The van der Waals surface area contributed by atoms with Crippen molar-refractivity contribution in [3.63, 3.8) is 0 Å². The zero-order chi connectivity index (χ0) is 30.1. The Morgan fingerprint density at radius 1 is 1.40 bits per heavy atom. The number of halogens is 2. The van der Waals surface area contributed by atoms with E-state index in [1.165, 1.54) is 19.3 Å². The third kappa shape index (κ3) is 5.39. The summed E-state index contributed by atoms with van der Waals surface area (Å²) >= 11 is 0. The van der Waals surface area contributed by atoms with Gasteiger partial charge in [0.25, 0.3) is 0 Å². The van der Waals surface area contributed by atoms with Gasteiger partial charge in [0.05, 0.1) is 32.1 Å². The van der Waals surface area contributed by atoms with Gasteiger partial charge in [-0.15, -0.1) is 11.7 Å². The van der Waals surface area contributed by atoms with Gasteiger partial charge in [-0.25, -0.2) is 18.8 Å². The van der Waals surface area contributed by atoms with E-state index < -0.39 is 17.5 Å². The molecule has 2 saturated heterocycles. The van der Waals surface area contributed by atoms with E-state index in [0.717, 1.165) is 13.0 Å². The third-order valence-corrected chi connectivity index (χ3v) is 8.12. The van der Waals surface area contributed by atoms with Crippen molar-refractivity contribution in [2.45, 2.75) is 44.4 Å². The molecule has 13 heteroatoms. The first-order valence-corrected chi connectivity index (χ1v) is 13.8. The minimum absolute atomic E-state index is 0.0343. The highest BCUT2D eigenvalue weighted by Gasteiger charge is 2.49. The van der Waals surface area contributed by atoms with Gasteiger partial charge in [0.1, 0.15) is 17.4 Å². The van der Waals surface area contributed by atoms with E-state index in [2.05, 4.69) is 57.2 Å². The number of fused-ring (bicyclic) bond motifs is 1. The van der Waals surface area contributed by atoms with Crippen LogP contribution in [-0.2, 0) is 4.74 Å². The predicted octanol–water partition coefficient (Wildman–Crippen LogP) is 5.34. The highest BCUT2D eigenvalue weighted by Crippen LogP contribution is 2.39. The number of anilines is 2. The molecule has 4 heterocycles. The molecule has 3 aromatic rings. The molecule has 0 bridgehead atoms. The Morgan fingerprint density at radius 2 is 2.19 bits per heavy atom. The summed E-state index contributed by atoms with van der Waals surface area (Å²) in [5.41, 5.74) is 8.24. The van der Waals surface area contributed by atoms with Crippen LogP contribution in [0.4, 0.5) is 26.1 Å². The first kappa shape index (κ1) is 29.3. The summed E-state index contributed by atoms with van der Waals surface area (Å²) in [6, 6.07) is 7.14. The fourth-order valence-corrected chi connectivity index (χ4v) is 5.68. The Labute approximate surface area is 243 Å². The average molecular weight is 580 g/mol. The van der Waals surface area contributed by atoms with Crippen LogP contribution in [0.15, 0.2) is 42.2 Å². The van der Waals surface area contributed by atoms with Gasteiger partial charge in [0.2, 0.25) is 11.8 Å². The molecule has 2 aliphatic heterocycles. The second kappa shape index (κ2) is 11.6. The van der Waals surface area contributed by atoms with Gasteiger partial charge in [-0.2, -0.15) is 15.4 Å². The lowest BCUT2D eigenvalue weighted by atomic mass is 9.77. The zero-order valence-corrected chi connectivity index (χ0v) is 24.0. The summed E-state index contributed by atoms with van der Waals surface area (Å²) in [6.07, 6.45) is 2.91. The molecular weight excluding hydrogens is 544 g/mol. The van der Waals surface area contributed by atoms with Gasteiger partial charge in [-0.05, 0) is 42.0 Å². The number of allylic oxidation sites excluding steroid dienone is 1. The molecule has 0 spiro atoms. The number of aromatic nitrogens is 3. The molecule has 0 radical (unpaired) electrons. The van der Waals surface area contributed by atoms with Crippen LogP contribution in [0, 0.1) is 28.1 Å². The molecule has 2 fully saturated rings. The van der Waals surface area contributed by atoms with Crippen LogP contribution in [0.2, 0.25) is 0 Å². The number of rotatable bonds is 11. The highest BCUT2D eigenvalue weighted by molar-refractivity contribution is 5.87. The maximum absolute atomic E-state index is 15.0.